The Hall–Kier alpha value is -3.59. The van der Waals surface area contributed by atoms with Gasteiger partial charge < -0.3 is 15.0 Å². The molecule has 2 N–H and O–H groups in total. The van der Waals surface area contributed by atoms with Gasteiger partial charge in [0.05, 0.1) is 29.9 Å². The van der Waals surface area contributed by atoms with Crippen LogP contribution in [0.4, 0.5) is 0 Å². The molecule has 1 aliphatic carbocycles. The molecular formula is C23H22ClN7O2. The summed E-state index contributed by atoms with van der Waals surface area (Å²) in [6.07, 6.45) is 5.23. The molecule has 0 atom stereocenters. The van der Waals surface area contributed by atoms with E-state index in [1.807, 2.05) is 29.7 Å². The van der Waals surface area contributed by atoms with Crippen LogP contribution in [0.1, 0.15) is 36.6 Å². The van der Waals surface area contributed by atoms with Gasteiger partial charge in [0.15, 0.2) is 11.2 Å². The number of nitrogens with two attached hydrogens (primary N) is 1. The van der Waals surface area contributed by atoms with E-state index in [0.29, 0.717) is 40.0 Å². The highest BCUT2D eigenvalue weighted by molar-refractivity contribution is 6.33. The second-order valence-electron chi connectivity index (χ2n) is 8.61. The van der Waals surface area contributed by atoms with E-state index < -0.39 is 5.91 Å². The highest BCUT2D eigenvalue weighted by Gasteiger charge is 2.41. The van der Waals surface area contributed by atoms with E-state index in [2.05, 4.69) is 27.1 Å². The number of halogens is 1. The molecule has 0 saturated heterocycles. The lowest BCUT2D eigenvalue weighted by Crippen LogP contribution is -2.13. The van der Waals surface area contributed by atoms with Gasteiger partial charge in [-0.15, -0.1) is 0 Å². The molecule has 168 valence electrons. The standard InChI is InChI=1S/C23H22ClN7O2/c1-13-7-15(30-28-10-13)11-31-20(16-4-3-14(8-17(16)24)9-18(25)32)29-19-21(31)26-12-27-22(19)33-23(2)5-6-23/h3-4,7-8,10,12H,5-6,9,11H2,1-2H3,(H2,25,32). The number of ether oxygens (including phenoxy) is 1. The highest BCUT2D eigenvalue weighted by Crippen LogP contribution is 2.41. The molecule has 1 aromatic carbocycles. The topological polar surface area (TPSA) is 122 Å². The molecule has 3 heterocycles. The Morgan fingerprint density at radius 3 is 2.79 bits per heavy atom. The smallest absolute Gasteiger partial charge is 0.245 e. The molecule has 1 amide bonds. The van der Waals surface area contributed by atoms with E-state index in [1.165, 1.54) is 6.33 Å². The summed E-state index contributed by atoms with van der Waals surface area (Å²) in [6.45, 7) is 4.40. The van der Waals surface area contributed by atoms with Crippen molar-refractivity contribution >= 4 is 28.7 Å². The number of aromatic nitrogens is 6. The van der Waals surface area contributed by atoms with Crippen molar-refractivity contribution in [2.45, 2.75) is 45.3 Å². The van der Waals surface area contributed by atoms with Crippen molar-refractivity contribution < 1.29 is 9.53 Å². The Bertz CT molecular complexity index is 1380. The van der Waals surface area contributed by atoms with Gasteiger partial charge in [-0.1, -0.05) is 17.7 Å². The summed E-state index contributed by atoms with van der Waals surface area (Å²) < 4.78 is 8.08. The number of imidazole rings is 1. The fourth-order valence-electron chi connectivity index (χ4n) is 3.67. The Labute approximate surface area is 195 Å². The van der Waals surface area contributed by atoms with Crippen LogP contribution in [0.15, 0.2) is 36.8 Å². The number of benzene rings is 1. The van der Waals surface area contributed by atoms with E-state index in [-0.39, 0.29) is 12.0 Å². The normalized spacial score (nSPS) is 14.4. The Morgan fingerprint density at radius 2 is 2.09 bits per heavy atom. The van der Waals surface area contributed by atoms with Gasteiger partial charge in [0.1, 0.15) is 17.8 Å². The first kappa shape index (κ1) is 21.3. The molecule has 1 aliphatic rings. The van der Waals surface area contributed by atoms with Crippen LogP contribution < -0.4 is 10.5 Å². The molecule has 5 rings (SSSR count). The lowest BCUT2D eigenvalue weighted by Gasteiger charge is -2.12. The SMILES string of the molecule is Cc1cnnc(Cn2c(-c3ccc(CC(N)=O)cc3Cl)nc3c(OC4(C)CC4)ncnc32)c1. The zero-order chi connectivity index (χ0) is 23.2. The molecule has 0 aliphatic heterocycles. The van der Waals surface area contributed by atoms with Crippen molar-refractivity contribution in [1.82, 2.24) is 29.7 Å². The first-order valence-electron chi connectivity index (χ1n) is 10.6. The average molecular weight is 464 g/mol. The van der Waals surface area contributed by atoms with Crippen molar-refractivity contribution in [3.05, 3.63) is 58.6 Å². The Morgan fingerprint density at radius 1 is 1.27 bits per heavy atom. The van der Waals surface area contributed by atoms with E-state index in [0.717, 1.165) is 29.7 Å². The van der Waals surface area contributed by atoms with Gasteiger partial charge in [-0.25, -0.2) is 9.97 Å². The first-order chi connectivity index (χ1) is 15.8. The number of fused-ring (bicyclic) bond motifs is 1. The van der Waals surface area contributed by atoms with Crippen LogP contribution in [0.5, 0.6) is 5.88 Å². The minimum atomic E-state index is -0.422. The second-order valence-corrected chi connectivity index (χ2v) is 9.01. The molecule has 0 spiro atoms. The predicted octanol–water partition coefficient (Wildman–Crippen LogP) is 3.25. The summed E-state index contributed by atoms with van der Waals surface area (Å²) in [7, 11) is 0. The van der Waals surface area contributed by atoms with E-state index in [4.69, 9.17) is 27.1 Å². The molecular weight excluding hydrogens is 442 g/mol. The molecule has 1 saturated carbocycles. The Kier molecular flexibility index (Phi) is 5.20. The van der Waals surface area contributed by atoms with Gasteiger partial charge in [0.2, 0.25) is 11.8 Å². The van der Waals surface area contributed by atoms with Gasteiger partial charge >= 0.3 is 0 Å². The van der Waals surface area contributed by atoms with Crippen molar-refractivity contribution in [3.63, 3.8) is 0 Å². The minimum Gasteiger partial charge on any atom is -0.470 e. The van der Waals surface area contributed by atoms with Crippen molar-refractivity contribution in [2.75, 3.05) is 0 Å². The fourth-order valence-corrected chi connectivity index (χ4v) is 3.96. The molecule has 9 nitrogen and oxygen atoms in total. The summed E-state index contributed by atoms with van der Waals surface area (Å²) in [5, 5.41) is 8.78. The zero-order valence-electron chi connectivity index (χ0n) is 18.2. The third-order valence-corrected chi connectivity index (χ3v) is 5.92. The number of amides is 1. The third-order valence-electron chi connectivity index (χ3n) is 5.61. The first-order valence-corrected chi connectivity index (χ1v) is 10.9. The maximum Gasteiger partial charge on any atom is 0.245 e. The largest absolute Gasteiger partial charge is 0.470 e. The number of carbonyl (C=O) groups is 1. The van der Waals surface area contributed by atoms with Crippen LogP contribution in [0, 0.1) is 6.92 Å². The number of aryl methyl sites for hydroxylation is 1. The average Bonchev–Trinajstić information content (AvgIpc) is 3.37. The number of primary amides is 1. The quantitative estimate of drug-likeness (QED) is 0.446. The summed E-state index contributed by atoms with van der Waals surface area (Å²) in [5.41, 5.74) is 9.45. The van der Waals surface area contributed by atoms with Crippen LogP contribution in [-0.4, -0.2) is 41.2 Å². The molecule has 0 radical (unpaired) electrons. The van der Waals surface area contributed by atoms with Crippen molar-refractivity contribution in [3.8, 4) is 17.3 Å². The van der Waals surface area contributed by atoms with Gasteiger partial charge in [-0.3, -0.25) is 4.79 Å². The monoisotopic (exact) mass is 463 g/mol. The highest BCUT2D eigenvalue weighted by atomic mass is 35.5. The summed E-state index contributed by atoms with van der Waals surface area (Å²) in [4.78, 5) is 25.0. The van der Waals surface area contributed by atoms with E-state index >= 15 is 0 Å². The zero-order valence-corrected chi connectivity index (χ0v) is 19.0. The summed E-state index contributed by atoms with van der Waals surface area (Å²) in [6, 6.07) is 7.34. The fraction of sp³-hybridized carbons (Fsp3) is 0.304. The third kappa shape index (κ3) is 4.36. The van der Waals surface area contributed by atoms with Crippen LogP contribution >= 0.6 is 11.6 Å². The lowest BCUT2D eigenvalue weighted by atomic mass is 10.1. The van der Waals surface area contributed by atoms with Gasteiger partial charge in [0.25, 0.3) is 0 Å². The van der Waals surface area contributed by atoms with E-state index in [1.54, 1.807) is 12.3 Å². The number of hydrogen-bond acceptors (Lipinski definition) is 7. The van der Waals surface area contributed by atoms with Crippen LogP contribution in [0.25, 0.3) is 22.6 Å². The number of hydrogen-bond donors (Lipinski definition) is 1. The number of rotatable bonds is 7. The van der Waals surface area contributed by atoms with Crippen molar-refractivity contribution in [1.29, 1.82) is 0 Å². The van der Waals surface area contributed by atoms with E-state index in [9.17, 15) is 4.79 Å². The molecule has 33 heavy (non-hydrogen) atoms. The second kappa shape index (κ2) is 8.08. The van der Waals surface area contributed by atoms with Crippen molar-refractivity contribution in [2.24, 2.45) is 5.73 Å². The predicted molar refractivity (Wildman–Crippen MR) is 123 cm³/mol. The number of nitrogens with zero attached hydrogens (tertiary/aromatic N) is 6. The molecule has 4 aromatic rings. The van der Waals surface area contributed by atoms with Gasteiger partial charge in [-0.05, 0) is 56.0 Å². The molecule has 1 fully saturated rings. The lowest BCUT2D eigenvalue weighted by molar-refractivity contribution is -0.117. The molecule has 3 aromatic heterocycles. The number of carbonyl (C=O) groups excluding carboxylic acids is 1. The Balaban J connectivity index is 1.66. The van der Waals surface area contributed by atoms with Crippen LogP contribution in [0.3, 0.4) is 0 Å². The molecule has 0 bridgehead atoms. The van der Waals surface area contributed by atoms with Gasteiger partial charge in [-0.2, -0.15) is 15.2 Å². The molecule has 0 unspecified atom stereocenters. The summed E-state index contributed by atoms with van der Waals surface area (Å²) in [5.74, 6) is 0.613. The molecule has 10 heteroatoms. The van der Waals surface area contributed by atoms with Crippen LogP contribution in [0.2, 0.25) is 5.02 Å². The maximum atomic E-state index is 11.3. The maximum absolute atomic E-state index is 11.3. The van der Waals surface area contributed by atoms with Crippen LogP contribution in [-0.2, 0) is 17.8 Å². The minimum absolute atomic E-state index is 0.108. The van der Waals surface area contributed by atoms with Gasteiger partial charge in [0, 0.05) is 5.56 Å². The summed E-state index contributed by atoms with van der Waals surface area (Å²) >= 11 is 6.63.